The van der Waals surface area contributed by atoms with Gasteiger partial charge in [-0.1, -0.05) is 0 Å². The molecule has 1 aromatic carbocycles. The topological polar surface area (TPSA) is 65.5 Å². The summed E-state index contributed by atoms with van der Waals surface area (Å²) >= 11 is 0. The summed E-state index contributed by atoms with van der Waals surface area (Å²) in [4.78, 5) is 9.98. The van der Waals surface area contributed by atoms with Crippen LogP contribution in [0.5, 0.6) is 5.75 Å². The van der Waals surface area contributed by atoms with Gasteiger partial charge in [-0.15, -0.1) is 0 Å². The minimum Gasteiger partial charge on any atom is -0.479 e. The van der Waals surface area contributed by atoms with Crippen LogP contribution in [0.15, 0.2) is 41.0 Å². The van der Waals surface area contributed by atoms with Crippen LogP contribution in [0, 0.1) is 15.9 Å². The van der Waals surface area contributed by atoms with Crippen LogP contribution in [0.4, 0.5) is 10.1 Å². The Morgan fingerprint density at radius 1 is 1.41 bits per heavy atom. The number of nitro groups is 1. The fraction of sp³-hybridized carbons (Fsp3) is 0.0909. The van der Waals surface area contributed by atoms with Gasteiger partial charge in [-0.3, -0.25) is 10.1 Å². The zero-order valence-corrected chi connectivity index (χ0v) is 8.63. The first-order chi connectivity index (χ1) is 8.16. The number of benzene rings is 1. The summed E-state index contributed by atoms with van der Waals surface area (Å²) in [5.41, 5.74) is -0.406. The molecule has 1 aromatic heterocycles. The first kappa shape index (κ1) is 11.1. The van der Waals surface area contributed by atoms with Crippen LogP contribution in [0.25, 0.3) is 0 Å². The van der Waals surface area contributed by atoms with Crippen LogP contribution in [0.3, 0.4) is 0 Å². The molecule has 2 rings (SSSR count). The number of furan rings is 1. The normalized spacial score (nSPS) is 10.2. The highest BCUT2D eigenvalue weighted by Gasteiger charge is 2.16. The molecule has 2 aromatic rings. The lowest BCUT2D eigenvalue weighted by Gasteiger charge is -2.04. The first-order valence-corrected chi connectivity index (χ1v) is 4.76. The maximum absolute atomic E-state index is 12.8. The smallest absolute Gasteiger partial charge is 0.313 e. The van der Waals surface area contributed by atoms with Crippen molar-refractivity contribution in [2.45, 2.75) is 6.61 Å². The van der Waals surface area contributed by atoms with E-state index in [1.54, 1.807) is 12.1 Å². The van der Waals surface area contributed by atoms with Crippen molar-refractivity contribution in [2.24, 2.45) is 0 Å². The van der Waals surface area contributed by atoms with Gasteiger partial charge < -0.3 is 9.15 Å². The highest BCUT2D eigenvalue weighted by Crippen LogP contribution is 2.28. The predicted octanol–water partition coefficient (Wildman–Crippen LogP) is 2.91. The van der Waals surface area contributed by atoms with E-state index in [0.29, 0.717) is 5.76 Å². The predicted molar refractivity (Wildman–Crippen MR) is 56.1 cm³/mol. The van der Waals surface area contributed by atoms with Crippen LogP contribution in [-0.4, -0.2) is 4.92 Å². The second-order valence-corrected chi connectivity index (χ2v) is 3.24. The van der Waals surface area contributed by atoms with Crippen LogP contribution in [0.2, 0.25) is 0 Å². The summed E-state index contributed by atoms with van der Waals surface area (Å²) in [5, 5.41) is 10.7. The lowest BCUT2D eigenvalue weighted by molar-refractivity contribution is -0.386. The second kappa shape index (κ2) is 4.65. The van der Waals surface area contributed by atoms with Crippen molar-refractivity contribution in [3.8, 4) is 5.75 Å². The van der Waals surface area contributed by atoms with Gasteiger partial charge in [0.25, 0.3) is 0 Å². The molecule has 0 aliphatic rings. The molecule has 0 aliphatic carbocycles. The molecule has 0 aliphatic heterocycles. The van der Waals surface area contributed by atoms with E-state index in [4.69, 9.17) is 9.15 Å². The van der Waals surface area contributed by atoms with Crippen molar-refractivity contribution in [1.82, 2.24) is 0 Å². The molecule has 0 amide bonds. The molecule has 17 heavy (non-hydrogen) atoms. The largest absolute Gasteiger partial charge is 0.479 e. The van der Waals surface area contributed by atoms with Gasteiger partial charge in [-0.05, 0) is 24.3 Å². The van der Waals surface area contributed by atoms with Gasteiger partial charge >= 0.3 is 5.69 Å². The Hall–Kier alpha value is -2.37. The lowest BCUT2D eigenvalue weighted by atomic mass is 10.3. The zero-order chi connectivity index (χ0) is 12.3. The lowest BCUT2D eigenvalue weighted by Crippen LogP contribution is -1.98. The molecule has 0 saturated heterocycles. The number of rotatable bonds is 4. The molecule has 0 spiro atoms. The number of hydrogen-bond donors (Lipinski definition) is 0. The third-order valence-corrected chi connectivity index (χ3v) is 2.07. The molecule has 0 N–H and O–H groups in total. The molecule has 1 heterocycles. The molecular weight excluding hydrogens is 229 g/mol. The van der Waals surface area contributed by atoms with E-state index in [1.807, 2.05) is 0 Å². The number of nitrogens with zero attached hydrogens (tertiary/aromatic N) is 1. The quantitative estimate of drug-likeness (QED) is 0.605. The van der Waals surface area contributed by atoms with E-state index in [-0.39, 0.29) is 12.4 Å². The molecule has 88 valence electrons. The van der Waals surface area contributed by atoms with E-state index in [1.165, 1.54) is 12.3 Å². The van der Waals surface area contributed by atoms with Crippen molar-refractivity contribution in [3.05, 3.63) is 58.3 Å². The van der Waals surface area contributed by atoms with E-state index in [9.17, 15) is 14.5 Å². The molecule has 0 radical (unpaired) electrons. The SMILES string of the molecule is O=[N+]([O-])c1cc(F)ccc1OCc1ccco1. The van der Waals surface area contributed by atoms with E-state index >= 15 is 0 Å². The van der Waals surface area contributed by atoms with Crippen molar-refractivity contribution in [3.63, 3.8) is 0 Å². The Balaban J connectivity index is 2.17. The van der Waals surface area contributed by atoms with Gasteiger partial charge in [0.2, 0.25) is 0 Å². The average molecular weight is 237 g/mol. The molecule has 5 nitrogen and oxygen atoms in total. The number of ether oxygens (including phenoxy) is 1. The standard InChI is InChI=1S/C11H8FNO4/c12-8-3-4-11(10(6-8)13(14)15)17-7-9-2-1-5-16-9/h1-6H,7H2. The van der Waals surface area contributed by atoms with Crippen molar-refractivity contribution in [1.29, 1.82) is 0 Å². The van der Waals surface area contributed by atoms with Gasteiger partial charge in [0, 0.05) is 0 Å². The third kappa shape index (κ3) is 2.60. The zero-order valence-electron chi connectivity index (χ0n) is 8.63. The van der Waals surface area contributed by atoms with Gasteiger partial charge in [0.1, 0.15) is 18.2 Å². The summed E-state index contributed by atoms with van der Waals surface area (Å²) in [7, 11) is 0. The Morgan fingerprint density at radius 2 is 2.24 bits per heavy atom. The first-order valence-electron chi connectivity index (χ1n) is 4.76. The molecule has 0 saturated carbocycles. The van der Waals surface area contributed by atoms with Gasteiger partial charge in [-0.25, -0.2) is 4.39 Å². The maximum atomic E-state index is 12.8. The number of hydrogen-bond acceptors (Lipinski definition) is 4. The van der Waals surface area contributed by atoms with Crippen molar-refractivity contribution in [2.75, 3.05) is 0 Å². The Bertz CT molecular complexity index is 524. The fourth-order valence-electron chi connectivity index (χ4n) is 1.30. The average Bonchev–Trinajstić information content (AvgIpc) is 2.80. The molecule has 0 bridgehead atoms. The summed E-state index contributed by atoms with van der Waals surface area (Å²) in [6, 6.07) is 6.49. The van der Waals surface area contributed by atoms with Crippen molar-refractivity contribution < 1.29 is 18.5 Å². The molecule has 0 atom stereocenters. The van der Waals surface area contributed by atoms with Crippen LogP contribution >= 0.6 is 0 Å². The summed E-state index contributed by atoms with van der Waals surface area (Å²) < 4.78 is 23.0. The molecule has 6 heteroatoms. The highest BCUT2D eigenvalue weighted by molar-refractivity contribution is 5.46. The third-order valence-electron chi connectivity index (χ3n) is 2.07. The molecule has 0 unspecified atom stereocenters. The highest BCUT2D eigenvalue weighted by atomic mass is 19.1. The number of halogens is 1. The molecule has 0 fully saturated rings. The Morgan fingerprint density at radius 3 is 2.88 bits per heavy atom. The van der Waals surface area contributed by atoms with Gasteiger partial charge in [0.05, 0.1) is 17.3 Å². The number of nitro benzene ring substituents is 1. The summed E-state index contributed by atoms with van der Waals surface area (Å²) in [5.74, 6) is -0.140. The van der Waals surface area contributed by atoms with E-state index in [2.05, 4.69) is 0 Å². The maximum Gasteiger partial charge on any atom is 0.313 e. The minimum atomic E-state index is -0.694. The van der Waals surface area contributed by atoms with Gasteiger partial charge in [0.15, 0.2) is 5.75 Å². The van der Waals surface area contributed by atoms with Crippen LogP contribution in [0.1, 0.15) is 5.76 Å². The Kier molecular flexibility index (Phi) is 3.04. The van der Waals surface area contributed by atoms with Crippen LogP contribution in [-0.2, 0) is 6.61 Å². The van der Waals surface area contributed by atoms with Crippen molar-refractivity contribution >= 4 is 5.69 Å². The minimum absolute atomic E-state index is 0.00722. The summed E-state index contributed by atoms with van der Waals surface area (Å²) in [6.45, 7) is 0.0550. The van der Waals surface area contributed by atoms with E-state index in [0.717, 1.165) is 12.1 Å². The second-order valence-electron chi connectivity index (χ2n) is 3.24. The monoisotopic (exact) mass is 237 g/mol. The van der Waals surface area contributed by atoms with Gasteiger partial charge in [-0.2, -0.15) is 0 Å². The Labute approximate surface area is 95.6 Å². The molecular formula is C11H8FNO4. The van der Waals surface area contributed by atoms with Crippen LogP contribution < -0.4 is 4.74 Å². The van der Waals surface area contributed by atoms with E-state index < -0.39 is 16.4 Å². The summed E-state index contributed by atoms with van der Waals surface area (Å²) in [6.07, 6.45) is 1.47. The fourth-order valence-corrected chi connectivity index (χ4v) is 1.30.